The van der Waals surface area contributed by atoms with Crippen molar-refractivity contribution in [1.29, 1.82) is 0 Å². The Hall–Kier alpha value is -2.83. The lowest BCUT2D eigenvalue weighted by Crippen LogP contribution is -2.18. The van der Waals surface area contributed by atoms with Crippen molar-refractivity contribution in [1.82, 2.24) is 15.6 Å². The van der Waals surface area contributed by atoms with Gasteiger partial charge in [-0.2, -0.15) is 10.2 Å². The monoisotopic (exact) mass is 388 g/mol. The third-order valence-corrected chi connectivity index (χ3v) is 4.09. The highest BCUT2D eigenvalue weighted by Gasteiger charge is 2.12. The molecule has 0 atom stereocenters. The van der Waals surface area contributed by atoms with Gasteiger partial charge in [-0.25, -0.2) is 5.43 Å². The van der Waals surface area contributed by atoms with Crippen molar-refractivity contribution in [3.8, 4) is 17.0 Å². The van der Waals surface area contributed by atoms with Crippen molar-refractivity contribution < 1.29 is 9.53 Å². The number of para-hydroxylation sites is 1. The lowest BCUT2D eigenvalue weighted by molar-refractivity contribution is 0.0950. The van der Waals surface area contributed by atoms with E-state index < -0.39 is 5.91 Å². The van der Waals surface area contributed by atoms with Gasteiger partial charge in [-0.3, -0.25) is 9.89 Å². The average Bonchev–Trinajstić information content (AvgIpc) is 3.12. The summed E-state index contributed by atoms with van der Waals surface area (Å²) in [5.74, 6) is 0.228. The van der Waals surface area contributed by atoms with E-state index in [1.165, 1.54) is 6.21 Å². The Balaban J connectivity index is 1.71. The van der Waals surface area contributed by atoms with Crippen molar-refractivity contribution in [2.24, 2.45) is 5.10 Å². The van der Waals surface area contributed by atoms with Crippen LogP contribution in [0.4, 0.5) is 0 Å². The van der Waals surface area contributed by atoms with Crippen LogP contribution in [0.2, 0.25) is 10.0 Å². The quantitative estimate of drug-likeness (QED) is 0.508. The fourth-order valence-electron chi connectivity index (χ4n) is 2.27. The van der Waals surface area contributed by atoms with Crippen LogP contribution in [0.5, 0.6) is 5.75 Å². The standard InChI is InChI=1S/C18H14Cl2N4O2/c1-26-17-5-3-2-4-11(17)10-21-24-18(25)16-9-15(22-23-16)13-7-6-12(19)8-14(13)20/h2-10H,1H3,(H,22,23)(H,24,25)/b21-10+. The largest absolute Gasteiger partial charge is 0.496 e. The summed E-state index contributed by atoms with van der Waals surface area (Å²) in [6.07, 6.45) is 1.50. The van der Waals surface area contributed by atoms with Gasteiger partial charge in [0.05, 0.1) is 24.0 Å². The Morgan fingerprint density at radius 1 is 1.23 bits per heavy atom. The van der Waals surface area contributed by atoms with Crippen molar-refractivity contribution >= 4 is 35.3 Å². The first-order valence-corrected chi connectivity index (χ1v) is 8.31. The van der Waals surface area contributed by atoms with E-state index in [1.54, 1.807) is 37.4 Å². The van der Waals surface area contributed by atoms with E-state index in [9.17, 15) is 4.79 Å². The van der Waals surface area contributed by atoms with Crippen LogP contribution in [-0.2, 0) is 0 Å². The summed E-state index contributed by atoms with van der Waals surface area (Å²) in [4.78, 5) is 12.2. The van der Waals surface area contributed by atoms with Gasteiger partial charge >= 0.3 is 0 Å². The maximum atomic E-state index is 12.2. The molecule has 1 heterocycles. The number of aromatic nitrogens is 2. The number of halogens is 2. The number of carbonyl (C=O) groups excluding carboxylic acids is 1. The molecule has 1 amide bonds. The lowest BCUT2D eigenvalue weighted by Gasteiger charge is -2.02. The highest BCUT2D eigenvalue weighted by Crippen LogP contribution is 2.29. The van der Waals surface area contributed by atoms with Gasteiger partial charge in [0.2, 0.25) is 0 Å². The van der Waals surface area contributed by atoms with Gasteiger partial charge in [0.25, 0.3) is 5.91 Å². The molecule has 0 bridgehead atoms. The normalized spacial score (nSPS) is 10.9. The summed E-state index contributed by atoms with van der Waals surface area (Å²) in [7, 11) is 1.57. The lowest BCUT2D eigenvalue weighted by atomic mass is 10.1. The van der Waals surface area contributed by atoms with Crippen molar-refractivity contribution in [2.45, 2.75) is 0 Å². The molecule has 0 aliphatic rings. The Bertz CT molecular complexity index is 969. The van der Waals surface area contributed by atoms with Gasteiger partial charge in [0.15, 0.2) is 0 Å². The number of hydrazone groups is 1. The number of ether oxygens (including phenoxy) is 1. The number of nitrogens with one attached hydrogen (secondary N) is 2. The van der Waals surface area contributed by atoms with Crippen LogP contribution in [0, 0.1) is 0 Å². The molecule has 2 aromatic carbocycles. The molecule has 3 rings (SSSR count). The van der Waals surface area contributed by atoms with Crippen LogP contribution in [0.1, 0.15) is 16.1 Å². The van der Waals surface area contributed by atoms with E-state index in [0.29, 0.717) is 27.1 Å². The van der Waals surface area contributed by atoms with Crippen LogP contribution in [0.3, 0.4) is 0 Å². The third kappa shape index (κ3) is 4.04. The molecule has 8 heteroatoms. The molecule has 0 saturated heterocycles. The predicted molar refractivity (Wildman–Crippen MR) is 102 cm³/mol. The van der Waals surface area contributed by atoms with E-state index in [-0.39, 0.29) is 5.69 Å². The molecule has 0 unspecified atom stereocenters. The molecule has 2 N–H and O–H groups in total. The van der Waals surface area contributed by atoms with E-state index in [0.717, 1.165) is 5.56 Å². The van der Waals surface area contributed by atoms with Gasteiger partial charge in [-0.15, -0.1) is 0 Å². The zero-order chi connectivity index (χ0) is 18.5. The van der Waals surface area contributed by atoms with Crippen molar-refractivity contribution in [3.63, 3.8) is 0 Å². The molecule has 26 heavy (non-hydrogen) atoms. The van der Waals surface area contributed by atoms with Crippen molar-refractivity contribution in [2.75, 3.05) is 7.11 Å². The van der Waals surface area contributed by atoms with Gasteiger partial charge in [-0.05, 0) is 36.4 Å². The molecule has 0 fully saturated rings. The minimum Gasteiger partial charge on any atom is -0.496 e. The molecule has 6 nitrogen and oxygen atoms in total. The smallest absolute Gasteiger partial charge is 0.289 e. The maximum absolute atomic E-state index is 12.2. The molecule has 0 aliphatic heterocycles. The van der Waals surface area contributed by atoms with Gasteiger partial charge in [0.1, 0.15) is 11.4 Å². The van der Waals surface area contributed by atoms with Crippen LogP contribution in [-0.4, -0.2) is 29.4 Å². The fraction of sp³-hybridized carbons (Fsp3) is 0.0556. The summed E-state index contributed by atoms with van der Waals surface area (Å²) in [5, 5.41) is 11.7. The average molecular weight is 389 g/mol. The number of amides is 1. The van der Waals surface area contributed by atoms with Gasteiger partial charge in [-0.1, -0.05) is 35.3 Å². The molecular weight excluding hydrogens is 375 g/mol. The molecule has 3 aromatic rings. The van der Waals surface area contributed by atoms with Gasteiger partial charge in [0, 0.05) is 16.1 Å². The Kier molecular flexibility index (Phi) is 5.55. The minimum atomic E-state index is -0.431. The number of hydrogen-bond donors (Lipinski definition) is 2. The minimum absolute atomic E-state index is 0.253. The summed E-state index contributed by atoms with van der Waals surface area (Å²) in [6.45, 7) is 0. The third-order valence-electron chi connectivity index (χ3n) is 3.54. The number of aromatic amines is 1. The van der Waals surface area contributed by atoms with Crippen molar-refractivity contribution in [3.05, 3.63) is 69.8 Å². The fourth-order valence-corrected chi connectivity index (χ4v) is 2.77. The van der Waals surface area contributed by atoms with E-state index in [4.69, 9.17) is 27.9 Å². The Morgan fingerprint density at radius 2 is 2.04 bits per heavy atom. The summed E-state index contributed by atoms with van der Waals surface area (Å²) < 4.78 is 5.22. The van der Waals surface area contributed by atoms with Gasteiger partial charge < -0.3 is 4.74 Å². The first-order chi connectivity index (χ1) is 12.6. The first-order valence-electron chi connectivity index (χ1n) is 7.55. The second-order valence-corrected chi connectivity index (χ2v) is 6.08. The number of methoxy groups -OCH3 is 1. The molecule has 0 spiro atoms. The first kappa shape index (κ1) is 18.0. The summed E-state index contributed by atoms with van der Waals surface area (Å²) >= 11 is 12.0. The molecule has 0 saturated carbocycles. The topological polar surface area (TPSA) is 79.4 Å². The molecular formula is C18H14Cl2N4O2. The number of H-pyrrole nitrogens is 1. The highest BCUT2D eigenvalue weighted by molar-refractivity contribution is 6.36. The predicted octanol–water partition coefficient (Wildman–Crippen LogP) is 4.16. The second-order valence-electron chi connectivity index (χ2n) is 5.23. The zero-order valence-corrected chi connectivity index (χ0v) is 15.2. The Labute approximate surface area is 159 Å². The number of nitrogens with zero attached hydrogens (tertiary/aromatic N) is 2. The zero-order valence-electron chi connectivity index (χ0n) is 13.7. The van der Waals surface area contributed by atoms with Crippen LogP contribution in [0.15, 0.2) is 53.6 Å². The van der Waals surface area contributed by atoms with Crippen LogP contribution < -0.4 is 10.2 Å². The van der Waals surface area contributed by atoms with Crippen LogP contribution >= 0.6 is 23.2 Å². The van der Waals surface area contributed by atoms with E-state index >= 15 is 0 Å². The molecule has 1 aromatic heterocycles. The summed E-state index contributed by atoms with van der Waals surface area (Å²) in [6, 6.07) is 14.0. The number of rotatable bonds is 5. The number of hydrogen-bond acceptors (Lipinski definition) is 4. The highest BCUT2D eigenvalue weighted by atomic mass is 35.5. The molecule has 0 radical (unpaired) electrons. The maximum Gasteiger partial charge on any atom is 0.289 e. The van der Waals surface area contributed by atoms with E-state index in [1.807, 2.05) is 18.2 Å². The number of carbonyl (C=O) groups is 1. The summed E-state index contributed by atoms with van der Waals surface area (Å²) in [5.41, 5.74) is 4.64. The Morgan fingerprint density at radius 3 is 2.81 bits per heavy atom. The molecule has 0 aliphatic carbocycles. The van der Waals surface area contributed by atoms with E-state index in [2.05, 4.69) is 20.7 Å². The number of benzene rings is 2. The second kappa shape index (κ2) is 8.03. The SMILES string of the molecule is COc1ccccc1/C=N/NC(=O)c1cc(-c2ccc(Cl)cc2Cl)n[nH]1. The molecule has 132 valence electrons. The van der Waals surface area contributed by atoms with Crippen LogP contribution in [0.25, 0.3) is 11.3 Å².